The molecule has 1 atom stereocenters. The van der Waals surface area contributed by atoms with Gasteiger partial charge in [0.05, 0.1) is 0 Å². The zero-order valence-corrected chi connectivity index (χ0v) is 10.3. The van der Waals surface area contributed by atoms with Gasteiger partial charge in [-0.3, -0.25) is 0 Å². The monoisotopic (exact) mass is 231 g/mol. The molecular weight excluding hydrogens is 210 g/mol. The van der Waals surface area contributed by atoms with E-state index in [0.29, 0.717) is 13.1 Å². The van der Waals surface area contributed by atoms with Gasteiger partial charge in [0.15, 0.2) is 6.29 Å². The smallest absolute Gasteiger partial charge is 0.410 e. The van der Waals surface area contributed by atoms with Crippen LogP contribution in [0.4, 0.5) is 4.79 Å². The van der Waals surface area contributed by atoms with Crippen molar-refractivity contribution in [3.05, 3.63) is 0 Å². The molecule has 2 N–H and O–H groups in total. The van der Waals surface area contributed by atoms with Crippen LogP contribution >= 0.6 is 0 Å². The number of ether oxygens (including phenoxy) is 1. The number of aliphatic hydroxyl groups excluding tert-OH is 1. The second-order valence-corrected chi connectivity index (χ2v) is 5.42. The molecule has 0 aromatic carbocycles. The van der Waals surface area contributed by atoms with E-state index in [1.807, 2.05) is 20.8 Å². The van der Waals surface area contributed by atoms with Gasteiger partial charge in [-0.25, -0.2) is 4.79 Å². The van der Waals surface area contributed by atoms with Gasteiger partial charge >= 0.3 is 6.09 Å². The number of likely N-dealkylation sites (tertiary alicyclic amines) is 1. The van der Waals surface area contributed by atoms with Crippen molar-refractivity contribution >= 4 is 6.09 Å². The predicted molar refractivity (Wildman–Crippen MR) is 58.7 cm³/mol. The standard InChI is InChI=1S/C11H21NO4/c1-7(9(13)14)8-5-12(6-8)10(15)16-11(2,3)4/h7-9,13-14H,5-6H2,1-4H3. The summed E-state index contributed by atoms with van der Waals surface area (Å²) < 4.78 is 5.19. The Hall–Kier alpha value is -0.810. The van der Waals surface area contributed by atoms with Crippen molar-refractivity contribution in [3.63, 3.8) is 0 Å². The Kier molecular flexibility index (Phi) is 3.80. The number of hydrogen-bond acceptors (Lipinski definition) is 4. The van der Waals surface area contributed by atoms with Gasteiger partial charge in [0, 0.05) is 24.9 Å². The van der Waals surface area contributed by atoms with E-state index in [-0.39, 0.29) is 17.9 Å². The van der Waals surface area contributed by atoms with E-state index in [0.717, 1.165) is 0 Å². The fraction of sp³-hybridized carbons (Fsp3) is 0.909. The highest BCUT2D eigenvalue weighted by molar-refractivity contribution is 5.69. The van der Waals surface area contributed by atoms with E-state index in [1.54, 1.807) is 11.8 Å². The second-order valence-electron chi connectivity index (χ2n) is 5.42. The first-order valence-electron chi connectivity index (χ1n) is 5.55. The Labute approximate surface area is 96.0 Å². The Morgan fingerprint density at radius 3 is 2.25 bits per heavy atom. The number of hydrogen-bond donors (Lipinski definition) is 2. The molecule has 0 spiro atoms. The maximum absolute atomic E-state index is 11.6. The van der Waals surface area contributed by atoms with Crippen LogP contribution in [0.2, 0.25) is 0 Å². The molecule has 1 rings (SSSR count). The maximum Gasteiger partial charge on any atom is 0.410 e. The van der Waals surface area contributed by atoms with Crippen molar-refractivity contribution in [1.82, 2.24) is 4.90 Å². The van der Waals surface area contributed by atoms with Gasteiger partial charge in [0.2, 0.25) is 0 Å². The lowest BCUT2D eigenvalue weighted by Gasteiger charge is -2.42. The van der Waals surface area contributed by atoms with Crippen molar-refractivity contribution in [1.29, 1.82) is 0 Å². The molecule has 0 saturated carbocycles. The largest absolute Gasteiger partial charge is 0.444 e. The Balaban J connectivity index is 2.33. The third kappa shape index (κ3) is 3.35. The number of rotatable bonds is 2. The predicted octanol–water partition coefficient (Wildman–Crippen LogP) is 0.800. The molecular formula is C11H21NO4. The van der Waals surface area contributed by atoms with Crippen molar-refractivity contribution in [2.24, 2.45) is 11.8 Å². The average Bonchev–Trinajstić information content (AvgIpc) is 1.96. The topological polar surface area (TPSA) is 70.0 Å². The fourth-order valence-corrected chi connectivity index (χ4v) is 1.56. The summed E-state index contributed by atoms with van der Waals surface area (Å²) in [4.78, 5) is 13.1. The van der Waals surface area contributed by atoms with Crippen LogP contribution in [0, 0.1) is 11.8 Å². The van der Waals surface area contributed by atoms with Crippen LogP contribution in [0.3, 0.4) is 0 Å². The van der Waals surface area contributed by atoms with Crippen LogP contribution in [0.1, 0.15) is 27.7 Å². The van der Waals surface area contributed by atoms with Crippen molar-refractivity contribution in [2.75, 3.05) is 13.1 Å². The molecule has 5 heteroatoms. The molecule has 16 heavy (non-hydrogen) atoms. The average molecular weight is 231 g/mol. The van der Waals surface area contributed by atoms with Gasteiger partial charge < -0.3 is 19.8 Å². The SMILES string of the molecule is CC(C(O)O)C1CN(C(=O)OC(C)(C)C)C1. The van der Waals surface area contributed by atoms with Crippen LogP contribution in [-0.2, 0) is 4.74 Å². The minimum Gasteiger partial charge on any atom is -0.444 e. The molecule has 1 unspecified atom stereocenters. The van der Waals surface area contributed by atoms with Crippen LogP contribution in [0.5, 0.6) is 0 Å². The first-order chi connectivity index (χ1) is 7.20. The molecule has 1 amide bonds. The molecule has 0 aromatic heterocycles. The molecule has 0 aromatic rings. The summed E-state index contributed by atoms with van der Waals surface area (Å²) >= 11 is 0. The lowest BCUT2D eigenvalue weighted by atomic mass is 9.87. The van der Waals surface area contributed by atoms with Crippen LogP contribution in [0.25, 0.3) is 0 Å². The quantitative estimate of drug-likeness (QED) is 0.690. The van der Waals surface area contributed by atoms with E-state index in [1.165, 1.54) is 0 Å². The Morgan fingerprint density at radius 2 is 1.88 bits per heavy atom. The molecule has 0 aliphatic carbocycles. The van der Waals surface area contributed by atoms with E-state index in [9.17, 15) is 4.79 Å². The first-order valence-corrected chi connectivity index (χ1v) is 5.55. The van der Waals surface area contributed by atoms with Gasteiger partial charge in [-0.15, -0.1) is 0 Å². The van der Waals surface area contributed by atoms with Crippen molar-refractivity contribution in [3.8, 4) is 0 Å². The highest BCUT2D eigenvalue weighted by atomic mass is 16.6. The molecule has 1 saturated heterocycles. The van der Waals surface area contributed by atoms with Crippen molar-refractivity contribution < 1.29 is 19.7 Å². The second kappa shape index (κ2) is 4.59. The molecule has 1 heterocycles. The highest BCUT2D eigenvalue weighted by Gasteiger charge is 2.38. The molecule has 94 valence electrons. The summed E-state index contributed by atoms with van der Waals surface area (Å²) in [5.74, 6) is -0.0637. The fourth-order valence-electron chi connectivity index (χ4n) is 1.56. The molecule has 1 fully saturated rings. The van der Waals surface area contributed by atoms with Gasteiger partial charge in [0.1, 0.15) is 5.60 Å². The van der Waals surface area contributed by atoms with Gasteiger partial charge in [-0.05, 0) is 20.8 Å². The van der Waals surface area contributed by atoms with E-state index in [4.69, 9.17) is 14.9 Å². The molecule has 1 aliphatic rings. The lowest BCUT2D eigenvalue weighted by molar-refractivity contribution is -0.115. The van der Waals surface area contributed by atoms with Crippen LogP contribution in [-0.4, -0.2) is 46.2 Å². The lowest BCUT2D eigenvalue weighted by Crippen LogP contribution is -2.55. The maximum atomic E-state index is 11.6. The van der Waals surface area contributed by atoms with Gasteiger partial charge in [0.25, 0.3) is 0 Å². The van der Waals surface area contributed by atoms with Crippen molar-refractivity contribution in [2.45, 2.75) is 39.6 Å². The number of aliphatic hydroxyl groups is 2. The Morgan fingerprint density at radius 1 is 1.38 bits per heavy atom. The number of carbonyl (C=O) groups is 1. The minimum atomic E-state index is -1.31. The zero-order chi connectivity index (χ0) is 12.5. The molecule has 0 radical (unpaired) electrons. The summed E-state index contributed by atoms with van der Waals surface area (Å²) in [6, 6.07) is 0. The zero-order valence-electron chi connectivity index (χ0n) is 10.3. The van der Waals surface area contributed by atoms with Gasteiger partial charge in [-0.1, -0.05) is 6.92 Å². The molecule has 5 nitrogen and oxygen atoms in total. The number of amides is 1. The third-order valence-corrected chi connectivity index (χ3v) is 2.78. The summed E-state index contributed by atoms with van der Waals surface area (Å²) in [6.45, 7) is 8.30. The minimum absolute atomic E-state index is 0.146. The highest BCUT2D eigenvalue weighted by Crippen LogP contribution is 2.26. The van der Waals surface area contributed by atoms with Gasteiger partial charge in [-0.2, -0.15) is 0 Å². The third-order valence-electron chi connectivity index (χ3n) is 2.78. The summed E-state index contributed by atoms with van der Waals surface area (Å²) in [5, 5.41) is 18.0. The van der Waals surface area contributed by atoms with E-state index < -0.39 is 11.9 Å². The number of carbonyl (C=O) groups excluding carboxylic acids is 1. The van der Waals surface area contributed by atoms with E-state index >= 15 is 0 Å². The van der Waals surface area contributed by atoms with Crippen LogP contribution < -0.4 is 0 Å². The first kappa shape index (κ1) is 13.3. The summed E-state index contributed by atoms with van der Waals surface area (Å²) in [5.41, 5.74) is -0.482. The summed E-state index contributed by atoms with van der Waals surface area (Å²) in [6.07, 6.45) is -1.64. The number of nitrogens with zero attached hydrogens (tertiary/aromatic N) is 1. The normalized spacial score (nSPS) is 19.6. The summed E-state index contributed by atoms with van der Waals surface area (Å²) in [7, 11) is 0. The van der Waals surface area contributed by atoms with Crippen LogP contribution in [0.15, 0.2) is 0 Å². The Bertz CT molecular complexity index is 253. The molecule has 1 aliphatic heterocycles. The van der Waals surface area contributed by atoms with E-state index in [2.05, 4.69) is 0 Å². The molecule has 0 bridgehead atoms.